The minimum atomic E-state index is -0.247. The Morgan fingerprint density at radius 3 is 2.73 bits per heavy atom. The molecule has 1 N–H and O–H groups in total. The normalized spacial score (nSPS) is 10.6. The number of thioether (sulfide) groups is 1. The molecule has 0 fully saturated rings. The minimum absolute atomic E-state index is 0.110. The van der Waals surface area contributed by atoms with Gasteiger partial charge in [0.1, 0.15) is 5.75 Å². The quantitative estimate of drug-likeness (QED) is 0.624. The Morgan fingerprint density at radius 2 is 2.00 bits per heavy atom. The van der Waals surface area contributed by atoms with Crippen LogP contribution >= 0.6 is 35.0 Å². The van der Waals surface area contributed by atoms with Gasteiger partial charge in [0.05, 0.1) is 34.3 Å². The number of anilines is 1. The van der Waals surface area contributed by atoms with Crippen LogP contribution in [0.5, 0.6) is 5.75 Å². The van der Waals surface area contributed by atoms with E-state index in [1.807, 2.05) is 12.1 Å². The van der Waals surface area contributed by atoms with E-state index in [0.717, 1.165) is 11.4 Å². The lowest BCUT2D eigenvalue weighted by atomic mass is 10.3. The Bertz CT molecular complexity index is 917. The van der Waals surface area contributed by atoms with Crippen LogP contribution in [0.2, 0.25) is 10.0 Å². The molecule has 0 spiro atoms. The first kappa shape index (κ1) is 18.5. The molecule has 3 aromatic rings. The largest absolute Gasteiger partial charge is 0.497 e. The molecule has 0 aliphatic heterocycles. The first-order chi connectivity index (χ1) is 12.6. The highest BCUT2D eigenvalue weighted by Crippen LogP contribution is 2.29. The molecule has 134 valence electrons. The highest BCUT2D eigenvalue weighted by molar-refractivity contribution is 7.99. The van der Waals surface area contributed by atoms with Gasteiger partial charge in [-0.05, 0) is 46.8 Å². The molecule has 2 aromatic carbocycles. The van der Waals surface area contributed by atoms with E-state index in [-0.39, 0.29) is 11.7 Å². The summed E-state index contributed by atoms with van der Waals surface area (Å²) in [5, 5.41) is 15.5. The fourth-order valence-electron chi connectivity index (χ4n) is 2.07. The van der Waals surface area contributed by atoms with Gasteiger partial charge < -0.3 is 10.1 Å². The Kier molecular flexibility index (Phi) is 5.97. The number of amides is 1. The molecule has 0 radical (unpaired) electrons. The Hall–Kier alpha value is -2.29. The van der Waals surface area contributed by atoms with E-state index in [9.17, 15) is 4.79 Å². The Morgan fingerprint density at radius 1 is 1.23 bits per heavy atom. The van der Waals surface area contributed by atoms with E-state index in [1.165, 1.54) is 11.8 Å². The summed E-state index contributed by atoms with van der Waals surface area (Å²) < 4.78 is 6.68. The summed E-state index contributed by atoms with van der Waals surface area (Å²) in [6, 6.07) is 12.3. The summed E-state index contributed by atoms with van der Waals surface area (Å²) in [5.74, 6) is 0.594. The maximum atomic E-state index is 12.2. The first-order valence-corrected chi connectivity index (χ1v) is 9.12. The van der Waals surface area contributed by atoms with Gasteiger partial charge in [0.15, 0.2) is 0 Å². The zero-order valence-electron chi connectivity index (χ0n) is 13.5. The third kappa shape index (κ3) is 4.27. The molecule has 1 heterocycles. The van der Waals surface area contributed by atoms with E-state index >= 15 is 0 Å². The van der Waals surface area contributed by atoms with Crippen LogP contribution in [0.3, 0.4) is 0 Å². The van der Waals surface area contributed by atoms with Crippen molar-refractivity contribution >= 4 is 46.6 Å². The SMILES string of the molecule is COc1ccc(-n2nnnc2SCC(=O)Nc2cccc(Cl)c2Cl)cc1. The summed E-state index contributed by atoms with van der Waals surface area (Å²) in [6.07, 6.45) is 0. The standard InChI is InChI=1S/C16H13Cl2N5O2S/c1-25-11-7-5-10(6-8-11)23-16(20-21-22-23)26-9-14(24)19-13-4-2-3-12(17)15(13)18/h2-8H,9H2,1H3,(H,19,24). The molecule has 1 amide bonds. The number of benzene rings is 2. The molecule has 3 rings (SSSR count). The van der Waals surface area contributed by atoms with Gasteiger partial charge in [0.2, 0.25) is 11.1 Å². The van der Waals surface area contributed by atoms with Crippen molar-refractivity contribution in [1.82, 2.24) is 20.2 Å². The molecule has 0 saturated carbocycles. The van der Waals surface area contributed by atoms with Crippen molar-refractivity contribution in [3.8, 4) is 11.4 Å². The molecule has 0 aliphatic carbocycles. The van der Waals surface area contributed by atoms with Crippen LogP contribution in [0.1, 0.15) is 0 Å². The number of tetrazole rings is 1. The lowest BCUT2D eigenvalue weighted by Crippen LogP contribution is -2.15. The van der Waals surface area contributed by atoms with Crippen LogP contribution in [0.4, 0.5) is 5.69 Å². The van der Waals surface area contributed by atoms with Crippen molar-refractivity contribution in [2.24, 2.45) is 0 Å². The molecule has 0 atom stereocenters. The van der Waals surface area contributed by atoms with Gasteiger partial charge in [0.25, 0.3) is 0 Å². The number of nitrogens with zero attached hydrogens (tertiary/aromatic N) is 4. The number of nitrogens with one attached hydrogen (secondary N) is 1. The zero-order chi connectivity index (χ0) is 18.5. The Labute approximate surface area is 163 Å². The molecule has 0 aliphatic rings. The number of halogens is 2. The van der Waals surface area contributed by atoms with E-state index < -0.39 is 0 Å². The van der Waals surface area contributed by atoms with Gasteiger partial charge in [-0.2, -0.15) is 4.68 Å². The highest BCUT2D eigenvalue weighted by Gasteiger charge is 2.13. The molecule has 0 saturated heterocycles. The summed E-state index contributed by atoms with van der Waals surface area (Å²) >= 11 is 13.2. The highest BCUT2D eigenvalue weighted by atomic mass is 35.5. The maximum Gasteiger partial charge on any atom is 0.234 e. The molecule has 0 unspecified atom stereocenters. The van der Waals surface area contributed by atoms with Crippen LogP contribution in [-0.4, -0.2) is 39.0 Å². The number of aromatic nitrogens is 4. The number of rotatable bonds is 6. The van der Waals surface area contributed by atoms with Crippen molar-refractivity contribution in [1.29, 1.82) is 0 Å². The summed E-state index contributed by atoms with van der Waals surface area (Å²) in [7, 11) is 1.60. The van der Waals surface area contributed by atoms with E-state index in [2.05, 4.69) is 20.8 Å². The fourth-order valence-corrected chi connectivity index (χ4v) is 3.11. The fraction of sp³-hybridized carbons (Fsp3) is 0.125. The van der Waals surface area contributed by atoms with Crippen LogP contribution < -0.4 is 10.1 Å². The molecular weight excluding hydrogens is 397 g/mol. The number of carbonyl (C=O) groups is 1. The molecular formula is C16H13Cl2N5O2S. The van der Waals surface area contributed by atoms with Gasteiger partial charge in [-0.25, -0.2) is 0 Å². The van der Waals surface area contributed by atoms with Gasteiger partial charge in [-0.15, -0.1) is 5.10 Å². The van der Waals surface area contributed by atoms with Gasteiger partial charge in [-0.1, -0.05) is 41.0 Å². The van der Waals surface area contributed by atoms with Crippen LogP contribution in [0, 0.1) is 0 Å². The second-order valence-corrected chi connectivity index (χ2v) is 6.74. The lowest BCUT2D eigenvalue weighted by Gasteiger charge is -2.08. The molecule has 10 heteroatoms. The smallest absolute Gasteiger partial charge is 0.234 e. The van der Waals surface area contributed by atoms with Crippen molar-refractivity contribution in [3.05, 3.63) is 52.5 Å². The molecule has 1 aromatic heterocycles. The molecule has 7 nitrogen and oxygen atoms in total. The van der Waals surface area contributed by atoms with Crippen molar-refractivity contribution in [2.75, 3.05) is 18.2 Å². The first-order valence-electron chi connectivity index (χ1n) is 7.38. The van der Waals surface area contributed by atoms with Crippen LogP contribution in [0.25, 0.3) is 5.69 Å². The second-order valence-electron chi connectivity index (χ2n) is 5.01. The number of ether oxygens (including phenoxy) is 1. The lowest BCUT2D eigenvalue weighted by molar-refractivity contribution is -0.113. The van der Waals surface area contributed by atoms with Crippen LogP contribution in [0.15, 0.2) is 47.6 Å². The van der Waals surface area contributed by atoms with Crippen molar-refractivity contribution < 1.29 is 9.53 Å². The number of methoxy groups -OCH3 is 1. The van der Waals surface area contributed by atoms with Gasteiger partial charge in [-0.3, -0.25) is 4.79 Å². The van der Waals surface area contributed by atoms with E-state index in [0.29, 0.717) is 20.9 Å². The van der Waals surface area contributed by atoms with Crippen molar-refractivity contribution in [3.63, 3.8) is 0 Å². The second kappa shape index (κ2) is 8.39. The summed E-state index contributed by atoms with van der Waals surface area (Å²) in [5.41, 5.74) is 1.22. The topological polar surface area (TPSA) is 81.9 Å². The average Bonchev–Trinajstić information content (AvgIpc) is 3.12. The van der Waals surface area contributed by atoms with Crippen molar-refractivity contribution in [2.45, 2.75) is 5.16 Å². The van der Waals surface area contributed by atoms with Gasteiger partial charge in [0, 0.05) is 0 Å². The number of carbonyl (C=O) groups excluding carboxylic acids is 1. The monoisotopic (exact) mass is 409 g/mol. The Balaban J connectivity index is 1.66. The maximum absolute atomic E-state index is 12.2. The summed E-state index contributed by atoms with van der Waals surface area (Å²) in [6.45, 7) is 0. The van der Waals surface area contributed by atoms with E-state index in [4.69, 9.17) is 27.9 Å². The predicted octanol–water partition coefficient (Wildman–Crippen LogP) is 3.71. The summed E-state index contributed by atoms with van der Waals surface area (Å²) in [4.78, 5) is 12.2. The third-order valence-corrected chi connectivity index (χ3v) is 5.05. The number of hydrogen-bond donors (Lipinski definition) is 1. The average molecular weight is 410 g/mol. The molecule has 26 heavy (non-hydrogen) atoms. The van der Waals surface area contributed by atoms with Crippen LogP contribution in [-0.2, 0) is 4.79 Å². The predicted molar refractivity (Wildman–Crippen MR) is 102 cm³/mol. The zero-order valence-corrected chi connectivity index (χ0v) is 15.8. The molecule has 0 bridgehead atoms. The van der Waals surface area contributed by atoms with Gasteiger partial charge >= 0.3 is 0 Å². The number of hydrogen-bond acceptors (Lipinski definition) is 6. The minimum Gasteiger partial charge on any atom is -0.497 e. The third-order valence-electron chi connectivity index (χ3n) is 3.32. The van der Waals surface area contributed by atoms with E-state index in [1.54, 1.807) is 42.1 Å².